The van der Waals surface area contributed by atoms with Crippen LogP contribution in [0, 0.1) is 0 Å². The lowest BCUT2D eigenvalue weighted by atomic mass is 9.84. The maximum atomic E-state index is 12.2. The van der Waals surface area contributed by atoms with E-state index in [2.05, 4.69) is 46.5 Å². The van der Waals surface area contributed by atoms with Crippen molar-refractivity contribution < 1.29 is 14.3 Å². The van der Waals surface area contributed by atoms with E-state index in [1.165, 1.54) is 0 Å². The quantitative estimate of drug-likeness (QED) is 0.252. The molecule has 5 heteroatoms. The molecule has 29 heavy (non-hydrogen) atoms. The van der Waals surface area contributed by atoms with Crippen LogP contribution in [0.3, 0.4) is 0 Å². The fourth-order valence-corrected chi connectivity index (χ4v) is 5.00. The number of likely N-dealkylation sites (N-methyl/N-ethyl adjacent to an activating group) is 1. The molecule has 3 aromatic rings. The van der Waals surface area contributed by atoms with Crippen LogP contribution < -0.4 is 5.32 Å². The summed E-state index contributed by atoms with van der Waals surface area (Å²) in [7, 11) is 1.69. The molecule has 0 radical (unpaired) electrons. The van der Waals surface area contributed by atoms with Crippen molar-refractivity contribution in [3.05, 3.63) is 108 Å². The molecular weight excluding hydrogens is 382 g/mol. The maximum Gasteiger partial charge on any atom is 0.331 e. The van der Waals surface area contributed by atoms with Crippen LogP contribution >= 0.6 is 11.8 Å². The number of benzene rings is 3. The van der Waals surface area contributed by atoms with Gasteiger partial charge in [0.2, 0.25) is 0 Å². The van der Waals surface area contributed by atoms with Crippen LogP contribution in [-0.2, 0) is 19.1 Å². The Morgan fingerprint density at radius 2 is 1.31 bits per heavy atom. The number of rotatable bonds is 9. The van der Waals surface area contributed by atoms with E-state index in [9.17, 15) is 9.59 Å². The van der Waals surface area contributed by atoms with Crippen LogP contribution in [0.1, 0.15) is 16.7 Å². The SMILES string of the molecule is CN[C@@H](CSC(c1ccccc1)(c1ccccc1)c1ccccc1)C(=O)OC=O. The van der Waals surface area contributed by atoms with E-state index in [0.717, 1.165) is 16.7 Å². The van der Waals surface area contributed by atoms with Crippen molar-refractivity contribution >= 4 is 24.2 Å². The van der Waals surface area contributed by atoms with Gasteiger partial charge in [-0.25, -0.2) is 4.79 Å². The molecule has 3 rings (SSSR count). The fraction of sp³-hybridized carbons (Fsp3) is 0.167. The van der Waals surface area contributed by atoms with Gasteiger partial charge in [-0.15, -0.1) is 11.8 Å². The normalized spacial score (nSPS) is 12.2. The summed E-state index contributed by atoms with van der Waals surface area (Å²) in [5.41, 5.74) is 3.34. The third-order valence-electron chi connectivity index (χ3n) is 4.80. The topological polar surface area (TPSA) is 55.4 Å². The third-order valence-corrected chi connectivity index (χ3v) is 6.44. The Labute approximate surface area is 175 Å². The lowest BCUT2D eigenvalue weighted by molar-refractivity contribution is -0.152. The molecule has 0 amide bonds. The average molecular weight is 406 g/mol. The minimum absolute atomic E-state index is 0.177. The minimum Gasteiger partial charge on any atom is -0.394 e. The first kappa shape index (κ1) is 20.8. The monoisotopic (exact) mass is 405 g/mol. The van der Waals surface area contributed by atoms with Crippen molar-refractivity contribution in [2.24, 2.45) is 0 Å². The van der Waals surface area contributed by atoms with Gasteiger partial charge in [0.1, 0.15) is 6.04 Å². The van der Waals surface area contributed by atoms with Gasteiger partial charge in [-0.3, -0.25) is 4.79 Å². The highest BCUT2D eigenvalue weighted by Gasteiger charge is 2.38. The lowest BCUT2D eigenvalue weighted by Crippen LogP contribution is -2.39. The molecule has 0 saturated carbocycles. The Kier molecular flexibility index (Phi) is 7.22. The molecule has 0 heterocycles. The van der Waals surface area contributed by atoms with Gasteiger partial charge in [0.15, 0.2) is 0 Å². The van der Waals surface area contributed by atoms with E-state index in [4.69, 9.17) is 0 Å². The molecule has 0 aliphatic rings. The predicted octanol–water partition coefficient (Wildman–Crippen LogP) is 4.00. The van der Waals surface area contributed by atoms with E-state index < -0.39 is 16.8 Å². The summed E-state index contributed by atoms with van der Waals surface area (Å²) in [6.07, 6.45) is 0. The molecule has 0 aromatic heterocycles. The average Bonchev–Trinajstić information content (AvgIpc) is 2.79. The van der Waals surface area contributed by atoms with E-state index in [1.807, 2.05) is 54.6 Å². The number of esters is 1. The molecule has 0 spiro atoms. The molecule has 0 unspecified atom stereocenters. The molecule has 0 bridgehead atoms. The van der Waals surface area contributed by atoms with Crippen molar-refractivity contribution in [3.63, 3.8) is 0 Å². The Balaban J connectivity index is 2.12. The van der Waals surface area contributed by atoms with Gasteiger partial charge in [-0.05, 0) is 23.7 Å². The van der Waals surface area contributed by atoms with Gasteiger partial charge in [0, 0.05) is 5.75 Å². The highest BCUT2D eigenvalue weighted by molar-refractivity contribution is 8.00. The Morgan fingerprint density at radius 1 is 0.897 bits per heavy atom. The van der Waals surface area contributed by atoms with E-state index in [-0.39, 0.29) is 6.47 Å². The highest BCUT2D eigenvalue weighted by atomic mass is 32.2. The van der Waals surface area contributed by atoms with Gasteiger partial charge in [-0.1, -0.05) is 91.0 Å². The van der Waals surface area contributed by atoms with Crippen LogP contribution in [0.25, 0.3) is 0 Å². The van der Waals surface area contributed by atoms with Crippen molar-refractivity contribution in [3.8, 4) is 0 Å². The van der Waals surface area contributed by atoms with E-state index in [1.54, 1.807) is 18.8 Å². The van der Waals surface area contributed by atoms with Gasteiger partial charge < -0.3 is 10.1 Å². The maximum absolute atomic E-state index is 12.2. The molecule has 0 saturated heterocycles. The van der Waals surface area contributed by atoms with Crippen molar-refractivity contribution in [1.82, 2.24) is 5.32 Å². The minimum atomic E-state index is -0.610. The smallest absolute Gasteiger partial charge is 0.331 e. The van der Waals surface area contributed by atoms with Crippen LogP contribution in [0.5, 0.6) is 0 Å². The molecule has 0 fully saturated rings. The Morgan fingerprint density at radius 3 is 1.66 bits per heavy atom. The number of ether oxygens (including phenoxy) is 1. The first-order chi connectivity index (χ1) is 14.2. The zero-order chi connectivity index (χ0) is 20.5. The Bertz CT molecular complexity index is 820. The van der Waals surface area contributed by atoms with Gasteiger partial charge in [0.05, 0.1) is 4.75 Å². The van der Waals surface area contributed by atoms with Crippen LogP contribution in [0.2, 0.25) is 0 Å². The molecule has 0 aliphatic carbocycles. The summed E-state index contributed by atoms with van der Waals surface area (Å²) in [4.78, 5) is 22.8. The number of carbonyl (C=O) groups is 2. The lowest BCUT2D eigenvalue weighted by Gasteiger charge is -2.36. The first-order valence-corrected chi connectivity index (χ1v) is 10.3. The van der Waals surface area contributed by atoms with Crippen molar-refractivity contribution in [2.45, 2.75) is 10.8 Å². The number of carbonyl (C=O) groups excluding carboxylic acids is 2. The zero-order valence-electron chi connectivity index (χ0n) is 16.2. The summed E-state index contributed by atoms with van der Waals surface area (Å²) in [6.45, 7) is 0.177. The molecule has 0 aliphatic heterocycles. The molecule has 3 aromatic carbocycles. The van der Waals surface area contributed by atoms with Crippen molar-refractivity contribution in [2.75, 3.05) is 12.8 Å². The molecule has 148 valence electrons. The summed E-state index contributed by atoms with van der Waals surface area (Å²) in [5, 5.41) is 2.96. The van der Waals surface area contributed by atoms with Gasteiger partial charge in [0.25, 0.3) is 0 Å². The van der Waals surface area contributed by atoms with Crippen molar-refractivity contribution in [1.29, 1.82) is 0 Å². The summed E-state index contributed by atoms with van der Waals surface area (Å²) >= 11 is 1.64. The second-order valence-corrected chi connectivity index (χ2v) is 7.70. The predicted molar refractivity (Wildman–Crippen MR) is 117 cm³/mol. The second kappa shape index (κ2) is 10.0. The number of hydrogen-bond acceptors (Lipinski definition) is 5. The van der Waals surface area contributed by atoms with Gasteiger partial charge >= 0.3 is 12.4 Å². The molecule has 1 N–H and O–H groups in total. The number of thioether (sulfide) groups is 1. The van der Waals surface area contributed by atoms with E-state index in [0.29, 0.717) is 5.75 Å². The van der Waals surface area contributed by atoms with E-state index >= 15 is 0 Å². The number of nitrogens with one attached hydrogen (secondary N) is 1. The third kappa shape index (κ3) is 4.58. The Hall–Kier alpha value is -2.89. The fourth-order valence-electron chi connectivity index (χ4n) is 3.38. The molecule has 4 nitrogen and oxygen atoms in total. The van der Waals surface area contributed by atoms with Crippen LogP contribution in [0.15, 0.2) is 91.0 Å². The zero-order valence-corrected chi connectivity index (χ0v) is 17.0. The van der Waals surface area contributed by atoms with Crippen LogP contribution in [0.4, 0.5) is 0 Å². The standard InChI is InChI=1S/C24H23NO3S/c1-25-22(23(27)28-18-26)17-29-24(19-11-5-2-6-12-19,20-13-7-3-8-14-20)21-15-9-4-10-16-21/h2-16,18,22,25H,17H2,1H3/t22-/m0/s1. The molecule has 1 atom stereocenters. The van der Waals surface area contributed by atoms with Gasteiger partial charge in [-0.2, -0.15) is 0 Å². The van der Waals surface area contributed by atoms with Crippen LogP contribution in [-0.4, -0.2) is 31.3 Å². The second-order valence-electron chi connectivity index (χ2n) is 6.46. The summed E-state index contributed by atoms with van der Waals surface area (Å²) in [5.74, 6) is -0.167. The molecular formula is C24H23NO3S. The first-order valence-electron chi connectivity index (χ1n) is 9.34. The summed E-state index contributed by atoms with van der Waals surface area (Å²) in [6, 6.07) is 30.1. The summed E-state index contributed by atoms with van der Waals surface area (Å²) < 4.78 is 4.05. The number of hydrogen-bond donors (Lipinski definition) is 1. The largest absolute Gasteiger partial charge is 0.394 e. The highest BCUT2D eigenvalue weighted by Crippen LogP contribution is 2.48.